The van der Waals surface area contributed by atoms with Crippen molar-refractivity contribution in [3.8, 4) is 0 Å². The molecule has 0 saturated heterocycles. The van der Waals surface area contributed by atoms with Gasteiger partial charge < -0.3 is 0 Å². The predicted molar refractivity (Wildman–Crippen MR) is 80.1 cm³/mol. The van der Waals surface area contributed by atoms with E-state index in [1.165, 1.54) is 22.5 Å². The van der Waals surface area contributed by atoms with E-state index in [4.69, 9.17) is 0 Å². The van der Waals surface area contributed by atoms with Crippen molar-refractivity contribution in [3.05, 3.63) is 29.3 Å². The summed E-state index contributed by atoms with van der Waals surface area (Å²) in [5, 5.41) is 1.27. The van der Waals surface area contributed by atoms with E-state index in [9.17, 15) is 0 Å². The van der Waals surface area contributed by atoms with E-state index in [2.05, 4.69) is 59.0 Å². The molecule has 1 nitrogen and oxygen atoms in total. The van der Waals surface area contributed by atoms with Gasteiger partial charge in [0.25, 0.3) is 0 Å². The normalized spacial score (nSPS) is 13.4. The lowest BCUT2D eigenvalue weighted by molar-refractivity contribution is 0.562. The molecule has 0 amide bonds. The third kappa shape index (κ3) is 3.52. The molecule has 1 aromatic carbocycles. The van der Waals surface area contributed by atoms with Gasteiger partial charge in [0.1, 0.15) is 0 Å². The molecule has 2 rings (SSSR count). The second-order valence-corrected chi connectivity index (χ2v) is 7.02. The maximum atomic E-state index is 4.66. The second-order valence-electron chi connectivity index (χ2n) is 4.73. The van der Waals surface area contributed by atoms with Crippen LogP contribution in [0.1, 0.15) is 31.7 Å². The maximum absolute atomic E-state index is 4.66. The summed E-state index contributed by atoms with van der Waals surface area (Å²) in [4.78, 5) is 5.29. The zero-order valence-corrected chi connectivity index (χ0v) is 12.7. The Balaban J connectivity index is 1.91. The molecule has 1 unspecified atom stereocenters. The molecule has 0 fully saturated rings. The number of aryl methyl sites for hydroxylation is 1. The topological polar surface area (TPSA) is 12.9 Å². The molecule has 1 heterocycles. The number of halogens is 1. The number of hydrogen-bond acceptors (Lipinski definition) is 2. The number of fused-ring (bicyclic) bond motifs is 1. The van der Waals surface area contributed by atoms with E-state index in [-0.39, 0.29) is 0 Å². The first-order valence-corrected chi connectivity index (χ1v) is 7.88. The Labute approximate surface area is 115 Å². The Morgan fingerprint density at radius 2 is 2.06 bits per heavy atom. The number of benzene rings is 1. The van der Waals surface area contributed by atoms with E-state index < -0.39 is 0 Å². The smallest absolute Gasteiger partial charge is 0.0938 e. The molecule has 0 radical (unpaired) electrons. The molecule has 0 aliphatic heterocycles. The fraction of sp³-hybridized carbons (Fsp3) is 0.500. The van der Waals surface area contributed by atoms with Crippen LogP contribution in [0.5, 0.6) is 0 Å². The van der Waals surface area contributed by atoms with Crippen LogP contribution in [0.2, 0.25) is 0 Å². The monoisotopic (exact) mass is 311 g/mol. The van der Waals surface area contributed by atoms with Crippen molar-refractivity contribution in [1.82, 2.24) is 4.98 Å². The molecular weight excluding hydrogens is 294 g/mol. The molecule has 0 spiro atoms. The second kappa shape index (κ2) is 5.96. The maximum Gasteiger partial charge on any atom is 0.0938 e. The molecule has 0 saturated carbocycles. The van der Waals surface area contributed by atoms with Gasteiger partial charge >= 0.3 is 0 Å². The van der Waals surface area contributed by atoms with Crippen LogP contribution in [0, 0.1) is 5.92 Å². The van der Waals surface area contributed by atoms with Crippen LogP contribution >= 0.6 is 27.3 Å². The minimum absolute atomic E-state index is 0.636. The summed E-state index contributed by atoms with van der Waals surface area (Å²) in [7, 11) is 0. The zero-order chi connectivity index (χ0) is 12.3. The molecule has 0 aliphatic carbocycles. The van der Waals surface area contributed by atoms with Gasteiger partial charge in [-0.1, -0.05) is 41.9 Å². The molecule has 17 heavy (non-hydrogen) atoms. The molecule has 3 heteroatoms. The Morgan fingerprint density at radius 3 is 2.76 bits per heavy atom. The van der Waals surface area contributed by atoms with Crippen molar-refractivity contribution in [2.45, 2.75) is 37.9 Å². The van der Waals surface area contributed by atoms with Crippen molar-refractivity contribution in [2.75, 3.05) is 0 Å². The Hall–Kier alpha value is -0.410. The highest BCUT2D eigenvalue weighted by Gasteiger charge is 2.09. The summed E-state index contributed by atoms with van der Waals surface area (Å²) in [6, 6.07) is 8.38. The third-order valence-corrected chi connectivity index (χ3v) is 5.54. The summed E-state index contributed by atoms with van der Waals surface area (Å²) in [6.45, 7) is 4.52. The average molecular weight is 312 g/mol. The van der Waals surface area contributed by atoms with Gasteiger partial charge in [0.05, 0.1) is 15.2 Å². The van der Waals surface area contributed by atoms with Gasteiger partial charge in [-0.2, -0.15) is 0 Å². The van der Waals surface area contributed by atoms with Crippen LogP contribution in [-0.2, 0) is 6.42 Å². The van der Waals surface area contributed by atoms with Crippen LogP contribution in [0.15, 0.2) is 24.3 Å². The van der Waals surface area contributed by atoms with E-state index in [1.54, 1.807) is 0 Å². The molecule has 2 aromatic rings. The van der Waals surface area contributed by atoms with Crippen molar-refractivity contribution in [1.29, 1.82) is 0 Å². The largest absolute Gasteiger partial charge is 0.241 e. The Kier molecular flexibility index (Phi) is 4.57. The molecule has 1 aromatic heterocycles. The highest BCUT2D eigenvalue weighted by Crippen LogP contribution is 2.24. The van der Waals surface area contributed by atoms with Gasteiger partial charge in [-0.05, 0) is 37.3 Å². The van der Waals surface area contributed by atoms with Gasteiger partial charge in [0, 0.05) is 4.83 Å². The third-order valence-electron chi connectivity index (χ3n) is 2.93. The first-order chi connectivity index (χ1) is 8.16. The Morgan fingerprint density at radius 1 is 1.29 bits per heavy atom. The lowest BCUT2D eigenvalue weighted by Crippen LogP contribution is -2.06. The predicted octanol–water partition coefficient (Wildman–Crippen LogP) is 5.04. The highest BCUT2D eigenvalue weighted by molar-refractivity contribution is 9.09. The van der Waals surface area contributed by atoms with Crippen LogP contribution in [0.4, 0.5) is 0 Å². The minimum atomic E-state index is 0.636. The van der Waals surface area contributed by atoms with Gasteiger partial charge in [-0.3, -0.25) is 0 Å². The molecule has 92 valence electrons. The number of rotatable bonds is 5. The molecule has 0 aliphatic rings. The summed E-state index contributed by atoms with van der Waals surface area (Å²) in [6.07, 6.45) is 3.55. The van der Waals surface area contributed by atoms with Crippen LogP contribution in [0.3, 0.4) is 0 Å². The first-order valence-electron chi connectivity index (χ1n) is 6.15. The number of para-hydroxylation sites is 1. The van der Waals surface area contributed by atoms with Gasteiger partial charge in [-0.15, -0.1) is 11.3 Å². The van der Waals surface area contributed by atoms with E-state index in [0.29, 0.717) is 10.7 Å². The molecule has 0 N–H and O–H groups in total. The molecule has 1 atom stereocenters. The average Bonchev–Trinajstić information content (AvgIpc) is 2.71. The first kappa shape index (κ1) is 13.0. The minimum Gasteiger partial charge on any atom is -0.241 e. The SMILES string of the molecule is CC(C)C(Br)CCCc1nc2ccccc2s1. The molecular formula is C14H18BrNS. The number of thiazole rings is 1. The fourth-order valence-corrected chi connectivity index (χ4v) is 3.14. The lowest BCUT2D eigenvalue weighted by Gasteiger charge is -2.12. The van der Waals surface area contributed by atoms with Gasteiger partial charge in [-0.25, -0.2) is 4.98 Å². The van der Waals surface area contributed by atoms with Crippen LogP contribution < -0.4 is 0 Å². The summed E-state index contributed by atoms with van der Waals surface area (Å²) >= 11 is 5.56. The van der Waals surface area contributed by atoms with Crippen molar-refractivity contribution < 1.29 is 0 Å². The fourth-order valence-electron chi connectivity index (χ4n) is 1.81. The van der Waals surface area contributed by atoms with Gasteiger partial charge in [0.2, 0.25) is 0 Å². The van der Waals surface area contributed by atoms with Crippen molar-refractivity contribution in [3.63, 3.8) is 0 Å². The molecule has 0 bridgehead atoms. The number of nitrogens with zero attached hydrogens (tertiary/aromatic N) is 1. The number of hydrogen-bond donors (Lipinski definition) is 0. The van der Waals surface area contributed by atoms with E-state index in [0.717, 1.165) is 11.9 Å². The zero-order valence-electron chi connectivity index (χ0n) is 10.3. The highest BCUT2D eigenvalue weighted by atomic mass is 79.9. The lowest BCUT2D eigenvalue weighted by atomic mass is 10.1. The van der Waals surface area contributed by atoms with E-state index >= 15 is 0 Å². The summed E-state index contributed by atoms with van der Waals surface area (Å²) in [5.74, 6) is 0.713. The number of alkyl halides is 1. The quantitative estimate of drug-likeness (QED) is 0.705. The summed E-state index contributed by atoms with van der Waals surface area (Å²) < 4.78 is 1.31. The standard InChI is InChI=1S/C14H18BrNS/c1-10(2)11(15)6-5-9-14-16-12-7-3-4-8-13(12)17-14/h3-4,7-8,10-11H,5-6,9H2,1-2H3. The van der Waals surface area contributed by atoms with Crippen molar-refractivity contribution in [2.24, 2.45) is 5.92 Å². The van der Waals surface area contributed by atoms with Crippen molar-refractivity contribution >= 4 is 37.5 Å². The van der Waals surface area contributed by atoms with Crippen LogP contribution in [-0.4, -0.2) is 9.81 Å². The summed E-state index contributed by atoms with van der Waals surface area (Å²) in [5.41, 5.74) is 1.15. The Bertz CT molecular complexity index is 445. The van der Waals surface area contributed by atoms with Gasteiger partial charge in [0.15, 0.2) is 0 Å². The van der Waals surface area contributed by atoms with Crippen LogP contribution in [0.25, 0.3) is 10.2 Å². The number of aromatic nitrogens is 1. The van der Waals surface area contributed by atoms with E-state index in [1.807, 2.05) is 11.3 Å².